The topological polar surface area (TPSA) is 102 Å². The number of quaternary nitrogens is 1. The van der Waals surface area contributed by atoms with E-state index < -0.39 is 24.1 Å². The number of carboxylic acid groups (broad SMARTS) is 1. The van der Waals surface area contributed by atoms with Crippen LogP contribution in [0.1, 0.15) is 149 Å². The summed E-state index contributed by atoms with van der Waals surface area (Å²) in [5, 5.41) is 11.4. The number of carbonyl (C=O) groups excluding carboxylic acids is 3. The molecule has 2 unspecified atom stereocenters. The first-order chi connectivity index (χ1) is 20.1. The van der Waals surface area contributed by atoms with Crippen LogP contribution in [-0.4, -0.2) is 75.5 Å². The SMILES string of the molecule is CCCCCCCCCCCCCCCCCCCCCC(=O)OC(COCCC(C(=O)[O-])[N+](C)(C)C)COC(C)=O. The lowest BCUT2D eigenvalue weighted by molar-refractivity contribution is -0.889. The molecule has 0 spiro atoms. The second-order valence-electron chi connectivity index (χ2n) is 12.8. The van der Waals surface area contributed by atoms with Gasteiger partial charge in [-0.1, -0.05) is 122 Å². The maximum absolute atomic E-state index is 12.3. The van der Waals surface area contributed by atoms with Gasteiger partial charge in [-0.05, 0) is 6.42 Å². The molecule has 248 valence electrons. The summed E-state index contributed by atoms with van der Waals surface area (Å²) in [6.07, 6.45) is 24.6. The highest BCUT2D eigenvalue weighted by atomic mass is 16.6. The zero-order chi connectivity index (χ0) is 31.5. The molecule has 0 bridgehead atoms. The van der Waals surface area contributed by atoms with Crippen LogP contribution in [0.25, 0.3) is 0 Å². The van der Waals surface area contributed by atoms with Crippen molar-refractivity contribution in [3.8, 4) is 0 Å². The molecular weight excluding hydrogens is 534 g/mol. The fourth-order valence-electron chi connectivity index (χ4n) is 5.15. The summed E-state index contributed by atoms with van der Waals surface area (Å²) in [4.78, 5) is 35.0. The average Bonchev–Trinajstić information content (AvgIpc) is 2.91. The normalized spacial score (nSPS) is 13.1. The Morgan fingerprint density at radius 1 is 0.667 bits per heavy atom. The molecular formula is C34H65NO7. The molecule has 8 heteroatoms. The Balaban J connectivity index is 3.82. The van der Waals surface area contributed by atoms with E-state index in [-0.39, 0.29) is 36.7 Å². The predicted octanol–water partition coefficient (Wildman–Crippen LogP) is 6.51. The summed E-state index contributed by atoms with van der Waals surface area (Å²) in [5.41, 5.74) is 0. The third-order valence-corrected chi connectivity index (χ3v) is 7.80. The number of hydrogen-bond donors (Lipinski definition) is 0. The average molecular weight is 600 g/mol. The zero-order valence-corrected chi connectivity index (χ0v) is 27.9. The van der Waals surface area contributed by atoms with E-state index in [0.717, 1.165) is 19.3 Å². The number of likely N-dealkylation sites (N-methyl/N-ethyl adjacent to an activating group) is 1. The van der Waals surface area contributed by atoms with Crippen molar-refractivity contribution >= 4 is 17.9 Å². The summed E-state index contributed by atoms with van der Waals surface area (Å²) < 4.78 is 16.3. The van der Waals surface area contributed by atoms with Crippen molar-refractivity contribution in [2.45, 2.75) is 161 Å². The van der Waals surface area contributed by atoms with Gasteiger partial charge in [-0.25, -0.2) is 0 Å². The molecule has 2 atom stereocenters. The van der Waals surface area contributed by atoms with Crippen molar-refractivity contribution in [3.05, 3.63) is 0 Å². The smallest absolute Gasteiger partial charge is 0.306 e. The molecule has 0 amide bonds. The van der Waals surface area contributed by atoms with Crippen LogP contribution in [0.4, 0.5) is 0 Å². The van der Waals surface area contributed by atoms with Crippen LogP contribution in [0.2, 0.25) is 0 Å². The first kappa shape index (κ1) is 40.3. The van der Waals surface area contributed by atoms with Crippen LogP contribution in [0.5, 0.6) is 0 Å². The molecule has 0 aliphatic heterocycles. The van der Waals surface area contributed by atoms with Crippen LogP contribution in [0, 0.1) is 0 Å². The molecule has 0 N–H and O–H groups in total. The van der Waals surface area contributed by atoms with Crippen LogP contribution < -0.4 is 5.11 Å². The fourth-order valence-corrected chi connectivity index (χ4v) is 5.15. The summed E-state index contributed by atoms with van der Waals surface area (Å²) in [7, 11) is 5.35. The molecule has 0 aromatic heterocycles. The van der Waals surface area contributed by atoms with Gasteiger partial charge in [-0.15, -0.1) is 0 Å². The summed E-state index contributed by atoms with van der Waals surface area (Å²) in [5.74, 6) is -1.92. The molecule has 0 fully saturated rings. The second kappa shape index (κ2) is 26.9. The van der Waals surface area contributed by atoms with E-state index in [0.29, 0.717) is 6.42 Å². The minimum Gasteiger partial charge on any atom is -0.544 e. The summed E-state index contributed by atoms with van der Waals surface area (Å²) in [6.45, 7) is 3.69. The molecule has 0 heterocycles. The van der Waals surface area contributed by atoms with Crippen molar-refractivity contribution in [1.82, 2.24) is 0 Å². The highest BCUT2D eigenvalue weighted by Gasteiger charge is 2.25. The molecule has 0 aliphatic carbocycles. The molecule has 0 rings (SSSR count). The molecule has 0 saturated carbocycles. The number of ether oxygens (including phenoxy) is 3. The number of hydrogen-bond acceptors (Lipinski definition) is 7. The Hall–Kier alpha value is -1.67. The molecule has 0 aromatic carbocycles. The monoisotopic (exact) mass is 599 g/mol. The number of nitrogens with zero attached hydrogens (tertiary/aromatic N) is 1. The molecule has 0 aromatic rings. The van der Waals surface area contributed by atoms with Crippen LogP contribution in [-0.2, 0) is 28.6 Å². The lowest BCUT2D eigenvalue weighted by Gasteiger charge is -2.34. The number of unbranched alkanes of at least 4 members (excludes halogenated alkanes) is 18. The van der Waals surface area contributed by atoms with E-state index >= 15 is 0 Å². The first-order valence-corrected chi connectivity index (χ1v) is 17.0. The largest absolute Gasteiger partial charge is 0.544 e. The first-order valence-electron chi connectivity index (χ1n) is 17.0. The van der Waals surface area contributed by atoms with Gasteiger partial charge in [0.15, 0.2) is 6.10 Å². The Bertz CT molecular complexity index is 677. The van der Waals surface area contributed by atoms with Crippen molar-refractivity contribution in [3.63, 3.8) is 0 Å². The lowest BCUT2D eigenvalue weighted by atomic mass is 10.0. The van der Waals surface area contributed by atoms with Crippen molar-refractivity contribution in [1.29, 1.82) is 0 Å². The Morgan fingerprint density at radius 3 is 1.48 bits per heavy atom. The van der Waals surface area contributed by atoms with Gasteiger partial charge in [0.25, 0.3) is 0 Å². The van der Waals surface area contributed by atoms with Crippen LogP contribution in [0.15, 0.2) is 0 Å². The Kier molecular flexibility index (Phi) is 25.8. The van der Waals surface area contributed by atoms with Crippen LogP contribution >= 0.6 is 0 Å². The minimum absolute atomic E-state index is 0.0368. The van der Waals surface area contributed by atoms with Gasteiger partial charge in [-0.2, -0.15) is 0 Å². The molecule has 0 saturated heterocycles. The predicted molar refractivity (Wildman–Crippen MR) is 167 cm³/mol. The highest BCUT2D eigenvalue weighted by Crippen LogP contribution is 2.15. The highest BCUT2D eigenvalue weighted by molar-refractivity contribution is 5.70. The van der Waals surface area contributed by atoms with E-state index in [1.54, 1.807) is 21.1 Å². The number of carboxylic acids is 1. The third kappa shape index (κ3) is 26.0. The van der Waals surface area contributed by atoms with E-state index in [1.807, 2.05) is 0 Å². The van der Waals surface area contributed by atoms with Gasteiger partial charge in [0.05, 0.1) is 40.3 Å². The zero-order valence-electron chi connectivity index (χ0n) is 27.9. The summed E-state index contributed by atoms with van der Waals surface area (Å²) >= 11 is 0. The van der Waals surface area contributed by atoms with Gasteiger partial charge >= 0.3 is 11.9 Å². The molecule has 8 nitrogen and oxygen atoms in total. The Labute approximate surface area is 257 Å². The Morgan fingerprint density at radius 2 is 1.10 bits per heavy atom. The lowest BCUT2D eigenvalue weighted by Crippen LogP contribution is -2.55. The fraction of sp³-hybridized carbons (Fsp3) is 0.912. The summed E-state index contributed by atoms with van der Waals surface area (Å²) in [6, 6.07) is -0.714. The van der Waals surface area contributed by atoms with Gasteiger partial charge < -0.3 is 28.6 Å². The molecule has 0 radical (unpaired) electrons. The number of esters is 2. The van der Waals surface area contributed by atoms with Crippen molar-refractivity contribution < 1.29 is 38.2 Å². The molecule has 42 heavy (non-hydrogen) atoms. The van der Waals surface area contributed by atoms with Gasteiger partial charge in [0.1, 0.15) is 12.6 Å². The van der Waals surface area contributed by atoms with E-state index in [9.17, 15) is 19.5 Å². The molecule has 0 aliphatic rings. The van der Waals surface area contributed by atoms with Gasteiger partial charge in [0.2, 0.25) is 0 Å². The van der Waals surface area contributed by atoms with E-state index in [1.165, 1.54) is 110 Å². The number of carbonyl (C=O) groups is 3. The maximum atomic E-state index is 12.3. The van der Waals surface area contributed by atoms with E-state index in [2.05, 4.69) is 6.92 Å². The van der Waals surface area contributed by atoms with Crippen LogP contribution in [0.3, 0.4) is 0 Å². The number of rotatable bonds is 30. The third-order valence-electron chi connectivity index (χ3n) is 7.80. The van der Waals surface area contributed by atoms with Gasteiger partial charge in [0, 0.05) is 19.8 Å². The second-order valence-corrected chi connectivity index (χ2v) is 12.8. The van der Waals surface area contributed by atoms with Crippen molar-refractivity contribution in [2.24, 2.45) is 0 Å². The standard InChI is InChI=1S/C34H65NO7/c1-6-7-8-9-10-11-12-13-14-15-16-17-18-19-20-21-22-23-24-25-33(37)42-31(29-41-30(2)36)28-40-27-26-32(34(38)39)35(3,4)5/h31-32H,6-29H2,1-5H3. The quantitative estimate of drug-likeness (QED) is 0.0527. The van der Waals surface area contributed by atoms with Gasteiger partial charge in [-0.3, -0.25) is 9.59 Å². The number of aliphatic carboxylic acids is 1. The van der Waals surface area contributed by atoms with Crippen molar-refractivity contribution in [2.75, 3.05) is 41.0 Å². The minimum atomic E-state index is -1.13. The van der Waals surface area contributed by atoms with E-state index in [4.69, 9.17) is 14.2 Å². The maximum Gasteiger partial charge on any atom is 0.306 e.